The molecule has 2 N–H and O–H groups in total. The number of ether oxygens (including phenoxy) is 1. The summed E-state index contributed by atoms with van der Waals surface area (Å²) in [4.78, 5) is 24.0. The molecule has 0 aliphatic carbocycles. The van der Waals surface area contributed by atoms with Gasteiger partial charge in [0.25, 0.3) is 0 Å². The van der Waals surface area contributed by atoms with Gasteiger partial charge in [0.05, 0.1) is 5.56 Å². The Bertz CT molecular complexity index is 619. The van der Waals surface area contributed by atoms with Crippen LogP contribution in [0.25, 0.3) is 0 Å². The molecule has 0 bridgehead atoms. The van der Waals surface area contributed by atoms with Crippen molar-refractivity contribution in [2.24, 2.45) is 11.7 Å². The quantitative estimate of drug-likeness (QED) is 0.514. The molecule has 0 fully saturated rings. The molecule has 1 aromatic rings. The molecule has 0 aliphatic rings. The zero-order chi connectivity index (χ0) is 18.9. The Morgan fingerprint density at radius 3 is 2.00 bits per heavy atom. The van der Waals surface area contributed by atoms with E-state index in [0.29, 0.717) is 11.3 Å². The first-order chi connectivity index (χ1) is 10.8. The van der Waals surface area contributed by atoms with E-state index in [1.54, 1.807) is 6.07 Å². The van der Waals surface area contributed by atoms with Crippen LogP contribution in [-0.2, 0) is 15.6 Å². The molecule has 0 radical (unpaired) electrons. The molecule has 1 aromatic carbocycles. The van der Waals surface area contributed by atoms with Crippen molar-refractivity contribution < 1.29 is 14.3 Å². The van der Waals surface area contributed by atoms with Crippen LogP contribution in [-0.4, -0.2) is 18.3 Å². The number of esters is 1. The molecule has 1 atom stereocenters. The van der Waals surface area contributed by atoms with E-state index < -0.39 is 12.0 Å². The Labute approximate surface area is 145 Å². The van der Waals surface area contributed by atoms with Gasteiger partial charge < -0.3 is 10.5 Å². The molecule has 0 amide bonds. The van der Waals surface area contributed by atoms with E-state index in [1.165, 1.54) is 0 Å². The van der Waals surface area contributed by atoms with Crippen molar-refractivity contribution in [1.29, 1.82) is 0 Å². The summed E-state index contributed by atoms with van der Waals surface area (Å²) in [6, 6.07) is 3.10. The molecular formula is C20H31NO3. The third kappa shape index (κ3) is 4.67. The van der Waals surface area contributed by atoms with Gasteiger partial charge in [-0.05, 0) is 28.4 Å². The maximum atomic E-state index is 12.3. The van der Waals surface area contributed by atoms with Gasteiger partial charge in [-0.3, -0.25) is 4.79 Å². The van der Waals surface area contributed by atoms with Crippen LogP contribution in [0.2, 0.25) is 0 Å². The second-order valence-corrected chi connectivity index (χ2v) is 8.75. The third-order valence-electron chi connectivity index (χ3n) is 4.11. The minimum Gasteiger partial charge on any atom is -0.424 e. The number of hydrogen-bond acceptors (Lipinski definition) is 4. The van der Waals surface area contributed by atoms with Gasteiger partial charge in [-0.25, -0.2) is 4.79 Å². The number of benzene rings is 1. The van der Waals surface area contributed by atoms with Gasteiger partial charge in [0.2, 0.25) is 0 Å². The smallest absolute Gasteiger partial charge is 0.328 e. The fourth-order valence-corrected chi connectivity index (χ4v) is 2.28. The van der Waals surface area contributed by atoms with Crippen molar-refractivity contribution >= 4 is 12.3 Å². The molecule has 0 heterocycles. The normalized spacial score (nSPS) is 13.8. The van der Waals surface area contributed by atoms with E-state index >= 15 is 0 Å². The minimum atomic E-state index is -0.723. The standard InChI is InChI=1S/C20H31NO3/c1-12(2)16(21)18(23)24-17-13(11-22)9-14(19(3,4)5)10-15(17)20(6,7)8/h9-12,16H,21H2,1-8H3/t16-/m0/s1. The van der Waals surface area contributed by atoms with E-state index in [2.05, 4.69) is 20.8 Å². The second kappa shape index (κ2) is 7.06. The number of aldehydes is 1. The van der Waals surface area contributed by atoms with Crippen LogP contribution in [0.4, 0.5) is 0 Å². The molecular weight excluding hydrogens is 302 g/mol. The van der Waals surface area contributed by atoms with Crippen molar-refractivity contribution in [2.45, 2.75) is 72.3 Å². The highest BCUT2D eigenvalue weighted by Gasteiger charge is 2.29. The molecule has 24 heavy (non-hydrogen) atoms. The largest absolute Gasteiger partial charge is 0.424 e. The lowest BCUT2D eigenvalue weighted by molar-refractivity contribution is -0.136. The molecule has 0 spiro atoms. The first-order valence-corrected chi connectivity index (χ1v) is 8.40. The number of carbonyl (C=O) groups is 2. The molecule has 0 saturated carbocycles. The fraction of sp³-hybridized carbons (Fsp3) is 0.600. The van der Waals surface area contributed by atoms with Crippen LogP contribution in [0.5, 0.6) is 5.75 Å². The van der Waals surface area contributed by atoms with Gasteiger partial charge >= 0.3 is 5.97 Å². The molecule has 4 nitrogen and oxygen atoms in total. The third-order valence-corrected chi connectivity index (χ3v) is 4.11. The lowest BCUT2D eigenvalue weighted by atomic mass is 9.79. The fourth-order valence-electron chi connectivity index (χ4n) is 2.28. The van der Waals surface area contributed by atoms with Gasteiger partial charge in [0.1, 0.15) is 11.8 Å². The van der Waals surface area contributed by atoms with E-state index in [-0.39, 0.29) is 16.7 Å². The van der Waals surface area contributed by atoms with E-state index in [0.717, 1.165) is 17.4 Å². The van der Waals surface area contributed by atoms with Crippen molar-refractivity contribution in [2.75, 3.05) is 0 Å². The maximum Gasteiger partial charge on any atom is 0.328 e. The van der Waals surface area contributed by atoms with Gasteiger partial charge in [0.15, 0.2) is 6.29 Å². The monoisotopic (exact) mass is 333 g/mol. The molecule has 4 heteroatoms. The van der Waals surface area contributed by atoms with Crippen molar-refractivity contribution in [3.05, 3.63) is 28.8 Å². The van der Waals surface area contributed by atoms with Crippen LogP contribution in [0, 0.1) is 5.92 Å². The van der Waals surface area contributed by atoms with Crippen LogP contribution in [0.3, 0.4) is 0 Å². The predicted octanol–water partition coefficient (Wildman–Crippen LogP) is 3.98. The molecule has 1 rings (SSSR count). The van der Waals surface area contributed by atoms with Crippen molar-refractivity contribution in [1.82, 2.24) is 0 Å². The molecule has 0 saturated heterocycles. The first kappa shape index (κ1) is 20.4. The van der Waals surface area contributed by atoms with Crippen molar-refractivity contribution in [3.63, 3.8) is 0 Å². The SMILES string of the molecule is CC(C)[C@H](N)C(=O)Oc1c(C=O)cc(C(C)(C)C)cc1C(C)(C)C. The summed E-state index contributed by atoms with van der Waals surface area (Å²) in [5.41, 5.74) is 7.75. The minimum absolute atomic E-state index is 0.0379. The Morgan fingerprint density at radius 2 is 1.62 bits per heavy atom. The molecule has 0 aromatic heterocycles. The lowest BCUT2D eigenvalue weighted by Gasteiger charge is -2.28. The van der Waals surface area contributed by atoms with Gasteiger partial charge in [-0.2, -0.15) is 0 Å². The van der Waals surface area contributed by atoms with Gasteiger partial charge in [-0.15, -0.1) is 0 Å². The second-order valence-electron chi connectivity index (χ2n) is 8.75. The Morgan fingerprint density at radius 1 is 1.08 bits per heavy atom. The van der Waals surface area contributed by atoms with E-state index in [4.69, 9.17) is 10.5 Å². The van der Waals surface area contributed by atoms with E-state index in [1.807, 2.05) is 40.7 Å². The molecule has 0 aliphatic heterocycles. The topological polar surface area (TPSA) is 69.4 Å². The summed E-state index contributed by atoms with van der Waals surface area (Å²) in [6.07, 6.45) is 0.744. The highest BCUT2D eigenvalue weighted by molar-refractivity contribution is 5.86. The number of carbonyl (C=O) groups excluding carboxylic acids is 2. The van der Waals surface area contributed by atoms with Gasteiger partial charge in [-0.1, -0.05) is 61.5 Å². The highest BCUT2D eigenvalue weighted by Crippen LogP contribution is 2.38. The number of nitrogens with two attached hydrogens (primary N) is 1. The number of hydrogen-bond donors (Lipinski definition) is 1. The Kier molecular flexibility index (Phi) is 5.99. The first-order valence-electron chi connectivity index (χ1n) is 8.40. The van der Waals surface area contributed by atoms with Gasteiger partial charge in [0, 0.05) is 5.56 Å². The average Bonchev–Trinajstić information content (AvgIpc) is 2.43. The lowest BCUT2D eigenvalue weighted by Crippen LogP contribution is -2.39. The van der Waals surface area contributed by atoms with Crippen LogP contribution in [0.1, 0.15) is 76.9 Å². The summed E-state index contributed by atoms with van der Waals surface area (Å²) < 4.78 is 5.59. The van der Waals surface area contributed by atoms with Crippen LogP contribution < -0.4 is 10.5 Å². The Hall–Kier alpha value is -1.68. The zero-order valence-electron chi connectivity index (χ0n) is 16.2. The summed E-state index contributed by atoms with van der Waals surface area (Å²) in [6.45, 7) is 16.1. The van der Waals surface area contributed by atoms with Crippen molar-refractivity contribution in [3.8, 4) is 5.75 Å². The zero-order valence-corrected chi connectivity index (χ0v) is 16.2. The summed E-state index contributed by atoms with van der Waals surface area (Å²) >= 11 is 0. The summed E-state index contributed by atoms with van der Waals surface area (Å²) in [5, 5.41) is 0. The van der Waals surface area contributed by atoms with Crippen LogP contribution >= 0.6 is 0 Å². The average molecular weight is 333 g/mol. The molecule has 0 unspecified atom stereocenters. The number of rotatable bonds is 4. The van der Waals surface area contributed by atoms with E-state index in [9.17, 15) is 9.59 Å². The molecule has 134 valence electrons. The summed E-state index contributed by atoms with van der Waals surface area (Å²) in [5.74, 6) is -0.224. The predicted molar refractivity (Wildman–Crippen MR) is 97.7 cm³/mol. The summed E-state index contributed by atoms with van der Waals surface area (Å²) in [7, 11) is 0. The maximum absolute atomic E-state index is 12.3. The highest BCUT2D eigenvalue weighted by atomic mass is 16.5. The van der Waals surface area contributed by atoms with Crippen LogP contribution in [0.15, 0.2) is 12.1 Å². The Balaban J connectivity index is 3.52.